The van der Waals surface area contributed by atoms with E-state index in [0.29, 0.717) is 30.8 Å². The zero-order chi connectivity index (χ0) is 24.1. The molecule has 8 nitrogen and oxygen atoms in total. The highest BCUT2D eigenvalue weighted by molar-refractivity contribution is 5.91. The van der Waals surface area contributed by atoms with Crippen LogP contribution in [0.3, 0.4) is 0 Å². The number of nitrogens with zero attached hydrogens (tertiary/aromatic N) is 1. The molecule has 4 rings (SSSR count). The maximum absolute atomic E-state index is 13.4. The Morgan fingerprint density at radius 2 is 1.94 bits per heavy atom. The van der Waals surface area contributed by atoms with Crippen LogP contribution in [0.5, 0.6) is 0 Å². The van der Waals surface area contributed by atoms with Crippen molar-refractivity contribution >= 4 is 23.6 Å². The number of amides is 3. The van der Waals surface area contributed by atoms with Gasteiger partial charge in [-0.15, -0.1) is 0 Å². The molecule has 0 aromatic heterocycles. The molecule has 2 aromatic carbocycles. The number of ether oxygens (including phenoxy) is 2. The summed E-state index contributed by atoms with van der Waals surface area (Å²) in [5, 5.41) is 5.76. The molecule has 3 atom stereocenters. The number of benzene rings is 2. The van der Waals surface area contributed by atoms with Crippen LogP contribution in [-0.2, 0) is 25.6 Å². The molecule has 2 aromatic rings. The SMILES string of the molecule is CCC(=O)Nc1ccc(C2OC(=O)N(Cc3cccc(C)c3)C2C(=O)NCC2CCCO2)cc1. The predicted octanol–water partition coefficient (Wildman–Crippen LogP) is 3.70. The summed E-state index contributed by atoms with van der Waals surface area (Å²) >= 11 is 0. The number of carbonyl (C=O) groups is 3. The van der Waals surface area contributed by atoms with E-state index < -0.39 is 18.2 Å². The number of rotatable bonds is 8. The summed E-state index contributed by atoms with van der Waals surface area (Å²) in [5.41, 5.74) is 3.33. The van der Waals surface area contributed by atoms with Crippen molar-refractivity contribution in [1.82, 2.24) is 10.2 Å². The van der Waals surface area contributed by atoms with E-state index in [0.717, 1.165) is 24.0 Å². The minimum Gasteiger partial charge on any atom is -0.438 e. The van der Waals surface area contributed by atoms with Gasteiger partial charge in [-0.25, -0.2) is 4.79 Å². The van der Waals surface area contributed by atoms with Gasteiger partial charge in [-0.05, 0) is 43.0 Å². The molecule has 2 saturated heterocycles. The summed E-state index contributed by atoms with van der Waals surface area (Å²) in [6.45, 7) is 5.13. The molecule has 34 heavy (non-hydrogen) atoms. The Morgan fingerprint density at radius 3 is 2.62 bits per heavy atom. The van der Waals surface area contributed by atoms with Crippen LogP contribution in [0.25, 0.3) is 0 Å². The second-order valence-corrected chi connectivity index (χ2v) is 8.77. The van der Waals surface area contributed by atoms with Crippen LogP contribution < -0.4 is 10.6 Å². The summed E-state index contributed by atoms with van der Waals surface area (Å²) in [7, 11) is 0. The van der Waals surface area contributed by atoms with Gasteiger partial charge in [-0.2, -0.15) is 0 Å². The molecule has 2 aliphatic rings. The Kier molecular flexibility index (Phi) is 7.47. The van der Waals surface area contributed by atoms with Gasteiger partial charge < -0.3 is 20.1 Å². The van der Waals surface area contributed by atoms with E-state index in [4.69, 9.17) is 9.47 Å². The molecule has 0 saturated carbocycles. The van der Waals surface area contributed by atoms with Crippen molar-refractivity contribution in [2.45, 2.75) is 57.9 Å². The van der Waals surface area contributed by atoms with E-state index in [1.807, 2.05) is 31.2 Å². The molecule has 3 amide bonds. The van der Waals surface area contributed by atoms with Gasteiger partial charge in [-0.3, -0.25) is 14.5 Å². The summed E-state index contributed by atoms with van der Waals surface area (Å²) in [6, 6.07) is 14.1. The lowest BCUT2D eigenvalue weighted by Gasteiger charge is -2.25. The maximum Gasteiger partial charge on any atom is 0.411 e. The largest absolute Gasteiger partial charge is 0.438 e. The minimum absolute atomic E-state index is 0.00731. The lowest BCUT2D eigenvalue weighted by Crippen LogP contribution is -2.47. The average Bonchev–Trinajstić information content (AvgIpc) is 3.46. The van der Waals surface area contributed by atoms with Crippen LogP contribution in [0.15, 0.2) is 48.5 Å². The number of carbonyl (C=O) groups excluding carboxylic acids is 3. The topological polar surface area (TPSA) is 97.0 Å². The first kappa shape index (κ1) is 23.8. The summed E-state index contributed by atoms with van der Waals surface area (Å²) in [5.74, 6) is -0.363. The quantitative estimate of drug-likeness (QED) is 0.620. The Morgan fingerprint density at radius 1 is 1.15 bits per heavy atom. The van der Waals surface area contributed by atoms with Crippen molar-refractivity contribution in [3.05, 3.63) is 65.2 Å². The van der Waals surface area contributed by atoms with Gasteiger partial charge in [0.15, 0.2) is 12.1 Å². The first-order valence-corrected chi connectivity index (χ1v) is 11.8. The van der Waals surface area contributed by atoms with Gasteiger partial charge in [0.05, 0.1) is 12.6 Å². The van der Waals surface area contributed by atoms with Crippen molar-refractivity contribution < 1.29 is 23.9 Å². The van der Waals surface area contributed by atoms with Crippen LogP contribution >= 0.6 is 0 Å². The Labute approximate surface area is 199 Å². The third-order valence-corrected chi connectivity index (χ3v) is 6.16. The fourth-order valence-corrected chi connectivity index (χ4v) is 4.35. The molecule has 2 N–H and O–H groups in total. The van der Waals surface area contributed by atoms with Gasteiger partial charge in [-0.1, -0.05) is 48.9 Å². The smallest absolute Gasteiger partial charge is 0.411 e. The number of hydrogen-bond acceptors (Lipinski definition) is 5. The fourth-order valence-electron chi connectivity index (χ4n) is 4.35. The van der Waals surface area contributed by atoms with Crippen molar-refractivity contribution in [2.75, 3.05) is 18.5 Å². The lowest BCUT2D eigenvalue weighted by molar-refractivity contribution is -0.126. The van der Waals surface area contributed by atoms with E-state index in [-0.39, 0.29) is 24.5 Å². The molecule has 0 bridgehead atoms. The number of cyclic esters (lactones) is 1. The molecular weight excluding hydrogens is 434 g/mol. The van der Waals surface area contributed by atoms with Gasteiger partial charge in [0.25, 0.3) is 0 Å². The molecule has 2 aliphatic heterocycles. The second kappa shape index (κ2) is 10.7. The van der Waals surface area contributed by atoms with E-state index in [9.17, 15) is 14.4 Å². The summed E-state index contributed by atoms with van der Waals surface area (Å²) in [6.07, 6.45) is 0.955. The highest BCUT2D eigenvalue weighted by Gasteiger charge is 2.47. The van der Waals surface area contributed by atoms with Gasteiger partial charge in [0, 0.05) is 25.3 Å². The zero-order valence-corrected chi connectivity index (χ0v) is 19.6. The number of nitrogens with one attached hydrogen (secondary N) is 2. The Hall–Kier alpha value is -3.39. The highest BCUT2D eigenvalue weighted by Crippen LogP contribution is 2.34. The third-order valence-electron chi connectivity index (χ3n) is 6.16. The molecule has 2 heterocycles. The van der Waals surface area contributed by atoms with Crippen LogP contribution in [-0.4, -0.2) is 48.1 Å². The molecule has 0 aliphatic carbocycles. The van der Waals surface area contributed by atoms with E-state index in [1.54, 1.807) is 31.2 Å². The predicted molar refractivity (Wildman–Crippen MR) is 127 cm³/mol. The maximum atomic E-state index is 13.4. The summed E-state index contributed by atoms with van der Waals surface area (Å²) in [4.78, 5) is 39.4. The third kappa shape index (κ3) is 5.56. The van der Waals surface area contributed by atoms with E-state index in [2.05, 4.69) is 10.6 Å². The summed E-state index contributed by atoms with van der Waals surface area (Å²) < 4.78 is 11.3. The Balaban J connectivity index is 1.56. The van der Waals surface area contributed by atoms with Gasteiger partial charge in [0.2, 0.25) is 11.8 Å². The number of aryl methyl sites for hydroxylation is 1. The number of hydrogen-bond donors (Lipinski definition) is 2. The van der Waals surface area contributed by atoms with E-state index >= 15 is 0 Å². The van der Waals surface area contributed by atoms with Gasteiger partial charge >= 0.3 is 6.09 Å². The molecular formula is C26H31N3O5. The van der Waals surface area contributed by atoms with Crippen molar-refractivity contribution in [1.29, 1.82) is 0 Å². The van der Waals surface area contributed by atoms with Crippen molar-refractivity contribution in [3.8, 4) is 0 Å². The number of anilines is 1. The zero-order valence-electron chi connectivity index (χ0n) is 19.6. The average molecular weight is 466 g/mol. The standard InChI is InChI=1S/C26H31N3O5/c1-3-22(30)28-20-11-9-19(10-12-20)24-23(25(31)27-15-21-8-5-13-33-21)29(26(32)34-24)16-18-7-4-6-17(2)14-18/h4,6-7,9-12,14,21,23-24H,3,5,8,13,15-16H2,1-2H3,(H,27,31)(H,28,30). The molecule has 0 radical (unpaired) electrons. The molecule has 2 fully saturated rings. The lowest BCUT2D eigenvalue weighted by atomic mass is 10.00. The second-order valence-electron chi connectivity index (χ2n) is 8.77. The van der Waals surface area contributed by atoms with Crippen molar-refractivity contribution in [3.63, 3.8) is 0 Å². The van der Waals surface area contributed by atoms with Gasteiger partial charge in [0.1, 0.15) is 0 Å². The molecule has 180 valence electrons. The minimum atomic E-state index is -0.828. The van der Waals surface area contributed by atoms with Crippen LogP contribution in [0.4, 0.5) is 10.5 Å². The first-order chi connectivity index (χ1) is 16.4. The van der Waals surface area contributed by atoms with Crippen LogP contribution in [0.1, 0.15) is 49.0 Å². The monoisotopic (exact) mass is 465 g/mol. The normalized spacial score (nSPS) is 21.9. The fraction of sp³-hybridized carbons (Fsp3) is 0.423. The molecule has 0 spiro atoms. The van der Waals surface area contributed by atoms with Crippen LogP contribution in [0.2, 0.25) is 0 Å². The molecule has 3 unspecified atom stereocenters. The Bertz CT molecular complexity index is 1030. The first-order valence-electron chi connectivity index (χ1n) is 11.8. The molecule has 8 heteroatoms. The highest BCUT2D eigenvalue weighted by atomic mass is 16.6. The van der Waals surface area contributed by atoms with E-state index in [1.165, 1.54) is 4.90 Å². The van der Waals surface area contributed by atoms with Crippen LogP contribution in [0, 0.1) is 6.92 Å². The van der Waals surface area contributed by atoms with Crippen molar-refractivity contribution in [2.24, 2.45) is 0 Å².